The molecule has 180 valence electrons. The summed E-state index contributed by atoms with van der Waals surface area (Å²) in [5.41, 5.74) is 1.93. The molecule has 0 aromatic heterocycles. The summed E-state index contributed by atoms with van der Waals surface area (Å²) in [7, 11) is 2.95. The highest BCUT2D eigenvalue weighted by atomic mass is 16.7. The molecule has 33 heavy (non-hydrogen) atoms. The fourth-order valence-corrected chi connectivity index (χ4v) is 3.89. The highest BCUT2D eigenvalue weighted by Gasteiger charge is 2.45. The van der Waals surface area contributed by atoms with E-state index < -0.39 is 37.3 Å². The molecule has 2 aliphatic heterocycles. The van der Waals surface area contributed by atoms with Gasteiger partial charge in [-0.2, -0.15) is 0 Å². The molecular weight excluding hydrogens is 436 g/mol. The number of methoxy groups -OCH3 is 2. The van der Waals surface area contributed by atoms with Gasteiger partial charge in [0.1, 0.15) is 24.4 Å². The summed E-state index contributed by atoms with van der Waals surface area (Å²) < 4.78 is 33.0. The predicted octanol–water partition coefficient (Wildman–Crippen LogP) is 0.396. The van der Waals surface area contributed by atoms with Gasteiger partial charge in [0.2, 0.25) is 18.8 Å². The van der Waals surface area contributed by atoms with Gasteiger partial charge in [-0.25, -0.2) is 0 Å². The minimum atomic E-state index is -1.55. The van der Waals surface area contributed by atoms with Gasteiger partial charge in [-0.05, 0) is 48.2 Å². The van der Waals surface area contributed by atoms with Crippen LogP contribution in [-0.2, 0) is 17.6 Å². The van der Waals surface area contributed by atoms with Gasteiger partial charge in [0, 0.05) is 0 Å². The monoisotopic (exact) mass is 464 g/mol. The minimum absolute atomic E-state index is 0.215. The van der Waals surface area contributed by atoms with Crippen LogP contribution >= 0.6 is 0 Å². The normalized spacial score (nSPS) is 26.2. The van der Waals surface area contributed by atoms with E-state index in [0.29, 0.717) is 24.3 Å². The maximum Gasteiger partial charge on any atom is 0.231 e. The smallest absolute Gasteiger partial charge is 0.231 e. The Kier molecular flexibility index (Phi) is 7.11. The second-order valence-corrected chi connectivity index (χ2v) is 7.83. The van der Waals surface area contributed by atoms with Crippen LogP contribution in [0.5, 0.6) is 28.7 Å². The van der Waals surface area contributed by atoms with Crippen LogP contribution in [0.25, 0.3) is 0 Å². The first-order valence-corrected chi connectivity index (χ1v) is 10.6. The topological polar surface area (TPSA) is 136 Å². The number of aryl methyl sites for hydroxylation is 2. The Hall–Kier alpha value is -2.76. The number of aliphatic hydroxyl groups is 4. The van der Waals surface area contributed by atoms with Crippen molar-refractivity contribution >= 4 is 0 Å². The molecule has 2 aliphatic rings. The predicted molar refractivity (Wildman–Crippen MR) is 114 cm³/mol. The third-order valence-electron chi connectivity index (χ3n) is 5.74. The number of benzene rings is 2. The quantitative estimate of drug-likeness (QED) is 0.434. The lowest BCUT2D eigenvalue weighted by atomic mass is 9.99. The zero-order valence-electron chi connectivity index (χ0n) is 18.3. The zero-order chi connectivity index (χ0) is 23.5. The van der Waals surface area contributed by atoms with Crippen LogP contribution in [0, 0.1) is 0 Å². The Bertz CT molecular complexity index is 962. The molecule has 1 fully saturated rings. The number of aliphatic hydroxyl groups excluding tert-OH is 4. The van der Waals surface area contributed by atoms with Crippen LogP contribution in [0.2, 0.25) is 0 Å². The molecule has 0 saturated carbocycles. The molecule has 10 nitrogen and oxygen atoms in total. The summed E-state index contributed by atoms with van der Waals surface area (Å²) >= 11 is 0. The molecule has 2 aromatic rings. The van der Waals surface area contributed by atoms with Gasteiger partial charge < -0.3 is 48.8 Å². The second-order valence-electron chi connectivity index (χ2n) is 7.83. The van der Waals surface area contributed by atoms with Crippen molar-refractivity contribution in [1.29, 1.82) is 0 Å². The molecule has 0 unspecified atom stereocenters. The van der Waals surface area contributed by atoms with Gasteiger partial charge in [-0.3, -0.25) is 0 Å². The van der Waals surface area contributed by atoms with Crippen LogP contribution < -0.4 is 23.7 Å². The van der Waals surface area contributed by atoms with E-state index in [9.17, 15) is 20.4 Å². The van der Waals surface area contributed by atoms with Crippen molar-refractivity contribution in [3.05, 3.63) is 41.5 Å². The lowest BCUT2D eigenvalue weighted by molar-refractivity contribution is -0.277. The fraction of sp³-hybridized carbons (Fsp3) is 0.478. The number of ether oxygens (including phenoxy) is 6. The van der Waals surface area contributed by atoms with Crippen LogP contribution in [-0.4, -0.2) is 78.8 Å². The SMILES string of the molecule is COc1cc(CCc2ccc3c(c2)OCO3)cc(O[C@@H]2O[C@H](CO)[C@@H](O)[C@H](O)[C@H]2O)c1OC. The van der Waals surface area contributed by atoms with Crippen molar-refractivity contribution in [3.63, 3.8) is 0 Å². The van der Waals surface area contributed by atoms with Crippen LogP contribution in [0.15, 0.2) is 30.3 Å². The highest BCUT2D eigenvalue weighted by molar-refractivity contribution is 5.54. The first kappa shape index (κ1) is 23.4. The van der Waals surface area contributed by atoms with E-state index in [1.807, 2.05) is 24.3 Å². The van der Waals surface area contributed by atoms with Gasteiger partial charge in [0.15, 0.2) is 23.0 Å². The summed E-state index contributed by atoms with van der Waals surface area (Å²) in [6.45, 7) is -0.339. The first-order chi connectivity index (χ1) is 15.9. The second kappa shape index (κ2) is 10.0. The van der Waals surface area contributed by atoms with E-state index in [2.05, 4.69) is 0 Å². The van der Waals surface area contributed by atoms with Crippen molar-refractivity contribution in [2.45, 2.75) is 43.5 Å². The van der Waals surface area contributed by atoms with Crippen molar-refractivity contribution in [2.24, 2.45) is 0 Å². The number of fused-ring (bicyclic) bond motifs is 1. The number of rotatable bonds is 8. The molecule has 0 bridgehead atoms. The summed E-state index contributed by atoms with van der Waals surface area (Å²) in [5.74, 6) is 2.36. The fourth-order valence-electron chi connectivity index (χ4n) is 3.89. The lowest BCUT2D eigenvalue weighted by Crippen LogP contribution is -2.60. The van der Waals surface area contributed by atoms with Crippen molar-refractivity contribution in [3.8, 4) is 28.7 Å². The molecule has 0 aliphatic carbocycles. The maximum absolute atomic E-state index is 10.3. The molecule has 2 aromatic carbocycles. The van der Waals surface area contributed by atoms with Crippen LogP contribution in [0.1, 0.15) is 11.1 Å². The molecule has 2 heterocycles. The van der Waals surface area contributed by atoms with Crippen molar-refractivity contribution in [2.75, 3.05) is 27.6 Å². The average molecular weight is 464 g/mol. The third-order valence-corrected chi connectivity index (χ3v) is 5.74. The Morgan fingerprint density at radius 1 is 0.848 bits per heavy atom. The van der Waals surface area contributed by atoms with E-state index in [4.69, 9.17) is 28.4 Å². The first-order valence-electron chi connectivity index (χ1n) is 10.6. The molecular formula is C23H28O10. The van der Waals surface area contributed by atoms with E-state index >= 15 is 0 Å². The Labute approximate surface area is 190 Å². The summed E-state index contributed by atoms with van der Waals surface area (Å²) in [6.07, 6.45) is -5.68. The molecule has 0 amide bonds. The van der Waals surface area contributed by atoms with Gasteiger partial charge in [-0.1, -0.05) is 6.07 Å². The molecule has 5 atom stereocenters. The summed E-state index contributed by atoms with van der Waals surface area (Å²) in [5, 5.41) is 39.8. The maximum atomic E-state index is 10.3. The molecule has 4 N–H and O–H groups in total. The highest BCUT2D eigenvalue weighted by Crippen LogP contribution is 2.40. The third kappa shape index (κ3) is 4.80. The van der Waals surface area contributed by atoms with Gasteiger partial charge in [0.05, 0.1) is 20.8 Å². The lowest BCUT2D eigenvalue weighted by Gasteiger charge is -2.39. The van der Waals surface area contributed by atoms with Crippen LogP contribution in [0.4, 0.5) is 0 Å². The van der Waals surface area contributed by atoms with Crippen molar-refractivity contribution < 1.29 is 48.8 Å². The average Bonchev–Trinajstić information content (AvgIpc) is 3.30. The van der Waals surface area contributed by atoms with E-state index in [0.717, 1.165) is 16.9 Å². The molecule has 10 heteroatoms. The van der Waals surface area contributed by atoms with Crippen molar-refractivity contribution in [1.82, 2.24) is 0 Å². The Morgan fingerprint density at radius 3 is 2.30 bits per heavy atom. The molecule has 4 rings (SSSR count). The summed E-state index contributed by atoms with van der Waals surface area (Å²) in [4.78, 5) is 0. The van der Waals surface area contributed by atoms with E-state index in [-0.39, 0.29) is 18.3 Å². The molecule has 1 saturated heterocycles. The molecule has 0 radical (unpaired) electrons. The minimum Gasteiger partial charge on any atom is -0.493 e. The number of hydrogen-bond donors (Lipinski definition) is 4. The zero-order valence-corrected chi connectivity index (χ0v) is 18.3. The standard InChI is InChI=1S/C23H28O10/c1-28-16-8-13(4-3-12-5-6-14-15(7-12)31-11-30-14)9-17(22(16)29-2)32-23-21(27)20(26)19(25)18(10-24)33-23/h5-9,18-21,23-27H,3-4,10-11H2,1-2H3/t18-,19-,20+,21-,23-/m1/s1. The van der Waals surface area contributed by atoms with Crippen LogP contribution in [0.3, 0.4) is 0 Å². The van der Waals surface area contributed by atoms with Gasteiger partial charge >= 0.3 is 0 Å². The Balaban J connectivity index is 1.55. The van der Waals surface area contributed by atoms with E-state index in [1.165, 1.54) is 14.2 Å². The van der Waals surface area contributed by atoms with Gasteiger partial charge in [-0.15, -0.1) is 0 Å². The molecule has 0 spiro atoms. The largest absolute Gasteiger partial charge is 0.493 e. The Morgan fingerprint density at radius 2 is 1.58 bits per heavy atom. The number of hydrogen-bond acceptors (Lipinski definition) is 10. The van der Waals surface area contributed by atoms with Gasteiger partial charge in [0.25, 0.3) is 0 Å². The summed E-state index contributed by atoms with van der Waals surface area (Å²) in [6, 6.07) is 9.34. The van der Waals surface area contributed by atoms with E-state index in [1.54, 1.807) is 6.07 Å².